The Kier molecular flexibility index (Phi) is 10.5. The molecule has 4 nitrogen and oxygen atoms in total. The predicted octanol–water partition coefficient (Wildman–Crippen LogP) is 7.11. The number of carbonyl (C=O) groups is 2. The number of ether oxygens (including phenoxy) is 1. The van der Waals surface area contributed by atoms with Crippen LogP contribution in [0, 0.1) is 18.6 Å². The van der Waals surface area contributed by atoms with Crippen LogP contribution in [0.5, 0.6) is 0 Å². The molecule has 0 amide bonds. The van der Waals surface area contributed by atoms with Crippen LogP contribution in [0.3, 0.4) is 0 Å². The molecule has 1 aromatic heterocycles. The zero-order valence-electron chi connectivity index (χ0n) is 19.3. The summed E-state index contributed by atoms with van der Waals surface area (Å²) in [5.74, 6) is -2.55. The highest BCUT2D eigenvalue weighted by molar-refractivity contribution is 9.10. The lowest BCUT2D eigenvalue weighted by atomic mass is 9.93. The van der Waals surface area contributed by atoms with Crippen molar-refractivity contribution in [2.24, 2.45) is 7.05 Å². The quantitative estimate of drug-likeness (QED) is 0.279. The summed E-state index contributed by atoms with van der Waals surface area (Å²) >= 11 is 3.31. The molecule has 2 aromatic carbocycles. The van der Waals surface area contributed by atoms with Gasteiger partial charge in [0, 0.05) is 34.4 Å². The van der Waals surface area contributed by atoms with Gasteiger partial charge in [0.1, 0.15) is 11.6 Å². The van der Waals surface area contributed by atoms with Crippen LogP contribution in [0.15, 0.2) is 47.1 Å². The predicted molar refractivity (Wildman–Crippen MR) is 127 cm³/mol. The first-order chi connectivity index (χ1) is 15.3. The number of aryl methyl sites for hydroxylation is 1. The van der Waals surface area contributed by atoms with Crippen LogP contribution in [0.25, 0.3) is 11.1 Å². The lowest BCUT2D eigenvalue weighted by Gasteiger charge is -2.13. The van der Waals surface area contributed by atoms with Gasteiger partial charge in [-0.05, 0) is 48.9 Å². The van der Waals surface area contributed by atoms with Crippen LogP contribution < -0.4 is 0 Å². The summed E-state index contributed by atoms with van der Waals surface area (Å²) in [5, 5.41) is 0. The zero-order valence-corrected chi connectivity index (χ0v) is 20.9. The Morgan fingerprint density at radius 3 is 1.97 bits per heavy atom. The summed E-state index contributed by atoms with van der Waals surface area (Å²) in [6.07, 6.45) is 1.39. The molecule has 0 aliphatic carbocycles. The van der Waals surface area contributed by atoms with Crippen LogP contribution in [-0.2, 0) is 11.8 Å². The molecular formula is C25H28BrF2NO3. The lowest BCUT2D eigenvalue weighted by Crippen LogP contribution is -2.10. The maximum Gasteiger partial charge on any atom is 0.340 e. The molecule has 0 atom stereocenters. The molecule has 0 saturated carbocycles. The number of methoxy groups -OCH3 is 1. The van der Waals surface area contributed by atoms with E-state index in [1.54, 1.807) is 31.3 Å². The topological polar surface area (TPSA) is 48.3 Å². The molecule has 3 rings (SSSR count). The number of nitrogens with zero attached hydrogens (tertiary/aromatic N) is 1. The van der Waals surface area contributed by atoms with Gasteiger partial charge in [0.2, 0.25) is 5.78 Å². The summed E-state index contributed by atoms with van der Waals surface area (Å²) in [6, 6.07) is 8.59. The molecule has 1 heterocycles. The number of halogens is 3. The molecule has 0 N–H and O–H groups in total. The van der Waals surface area contributed by atoms with Crippen LogP contribution in [0.4, 0.5) is 8.78 Å². The van der Waals surface area contributed by atoms with Crippen LogP contribution >= 0.6 is 15.9 Å². The van der Waals surface area contributed by atoms with E-state index in [1.165, 1.54) is 24.8 Å². The van der Waals surface area contributed by atoms with E-state index in [4.69, 9.17) is 4.74 Å². The van der Waals surface area contributed by atoms with Gasteiger partial charge in [0.05, 0.1) is 18.4 Å². The first kappa shape index (κ1) is 27.2. The molecule has 0 fully saturated rings. The van der Waals surface area contributed by atoms with Gasteiger partial charge in [-0.25, -0.2) is 13.6 Å². The van der Waals surface area contributed by atoms with Crippen molar-refractivity contribution in [3.8, 4) is 11.1 Å². The Morgan fingerprint density at radius 1 is 0.906 bits per heavy atom. The molecule has 7 heteroatoms. The number of carbonyl (C=O) groups excluding carboxylic acids is 2. The van der Waals surface area contributed by atoms with Crippen molar-refractivity contribution in [2.75, 3.05) is 7.11 Å². The Morgan fingerprint density at radius 2 is 1.44 bits per heavy atom. The number of ketones is 1. The maximum absolute atomic E-state index is 14.7. The number of aromatic nitrogens is 1. The summed E-state index contributed by atoms with van der Waals surface area (Å²) in [5.41, 5.74) is 0.268. The van der Waals surface area contributed by atoms with Crippen molar-refractivity contribution in [3.05, 3.63) is 81.1 Å². The minimum absolute atomic E-state index is 0.00112. The molecule has 0 aliphatic rings. The normalized spacial score (nSPS) is 9.81. The number of hydrogen-bond donors (Lipinski definition) is 0. The fraction of sp³-hybridized carbons (Fsp3) is 0.280. The van der Waals surface area contributed by atoms with E-state index < -0.39 is 23.4 Å². The minimum atomic E-state index is -0.747. The van der Waals surface area contributed by atoms with Crippen molar-refractivity contribution < 1.29 is 23.1 Å². The third-order valence-electron chi connectivity index (χ3n) is 4.51. The fourth-order valence-corrected chi connectivity index (χ4v) is 3.38. The third-order valence-corrected chi connectivity index (χ3v) is 5.04. The minimum Gasteiger partial charge on any atom is -0.465 e. The first-order valence-corrected chi connectivity index (χ1v) is 11.1. The number of benzene rings is 2. The average molecular weight is 508 g/mol. The Labute approximate surface area is 196 Å². The van der Waals surface area contributed by atoms with E-state index >= 15 is 0 Å². The van der Waals surface area contributed by atoms with Crippen molar-refractivity contribution in [3.63, 3.8) is 0 Å². The lowest BCUT2D eigenvalue weighted by molar-refractivity contribution is 0.0601. The van der Waals surface area contributed by atoms with E-state index in [0.29, 0.717) is 5.56 Å². The Bertz CT molecular complexity index is 1090. The number of esters is 1. The standard InChI is InChI=1S/C21H16BrF2NO3.2C2H6/c1-11-15(23)8-9-16(24)17(11)18-14(21(27)28-3)10-25(2)19(18)20(26)12-4-6-13(22)7-5-12;2*1-2/h4-10H,1-3H3;2*1-2H3. The molecule has 0 radical (unpaired) electrons. The van der Waals surface area contributed by atoms with Gasteiger partial charge < -0.3 is 9.30 Å². The van der Waals surface area contributed by atoms with Gasteiger partial charge in [0.15, 0.2) is 0 Å². The van der Waals surface area contributed by atoms with Crippen molar-refractivity contribution in [1.29, 1.82) is 0 Å². The Hall–Kier alpha value is -2.80. The van der Waals surface area contributed by atoms with Gasteiger partial charge >= 0.3 is 5.97 Å². The molecule has 32 heavy (non-hydrogen) atoms. The molecule has 0 spiro atoms. The molecule has 0 aliphatic heterocycles. The van der Waals surface area contributed by atoms with Crippen LogP contribution in [-0.4, -0.2) is 23.4 Å². The van der Waals surface area contributed by atoms with Crippen molar-refractivity contribution in [1.82, 2.24) is 4.57 Å². The second-order valence-electron chi connectivity index (χ2n) is 6.23. The van der Waals surface area contributed by atoms with Crippen molar-refractivity contribution in [2.45, 2.75) is 34.6 Å². The van der Waals surface area contributed by atoms with Gasteiger partial charge in [-0.3, -0.25) is 4.79 Å². The average Bonchev–Trinajstić information content (AvgIpc) is 3.15. The highest BCUT2D eigenvalue weighted by atomic mass is 79.9. The van der Waals surface area contributed by atoms with Gasteiger partial charge in [-0.1, -0.05) is 43.6 Å². The van der Waals surface area contributed by atoms with E-state index in [1.807, 2.05) is 27.7 Å². The first-order valence-electron chi connectivity index (χ1n) is 10.3. The highest BCUT2D eigenvalue weighted by Crippen LogP contribution is 2.36. The van der Waals surface area contributed by atoms with E-state index in [-0.39, 0.29) is 27.9 Å². The largest absolute Gasteiger partial charge is 0.465 e. The van der Waals surface area contributed by atoms with E-state index in [0.717, 1.165) is 16.6 Å². The van der Waals surface area contributed by atoms with E-state index in [9.17, 15) is 18.4 Å². The zero-order chi connectivity index (χ0) is 24.6. The number of rotatable bonds is 4. The fourth-order valence-electron chi connectivity index (χ4n) is 3.12. The molecule has 0 unspecified atom stereocenters. The van der Waals surface area contributed by atoms with Crippen LogP contribution in [0.1, 0.15) is 59.7 Å². The van der Waals surface area contributed by atoms with Crippen LogP contribution in [0.2, 0.25) is 0 Å². The third kappa shape index (κ3) is 5.51. The summed E-state index contributed by atoms with van der Waals surface area (Å²) in [7, 11) is 2.75. The Balaban J connectivity index is 0.00000121. The molecule has 172 valence electrons. The van der Waals surface area contributed by atoms with Gasteiger partial charge in [-0.2, -0.15) is 0 Å². The smallest absolute Gasteiger partial charge is 0.340 e. The SMILES string of the molecule is CC.CC.COC(=O)c1cn(C)c(C(=O)c2ccc(Br)cc2)c1-c1c(F)ccc(F)c1C. The van der Waals surface area contributed by atoms with Gasteiger partial charge in [0.25, 0.3) is 0 Å². The van der Waals surface area contributed by atoms with Crippen molar-refractivity contribution >= 4 is 27.7 Å². The monoisotopic (exact) mass is 507 g/mol. The summed E-state index contributed by atoms with van der Waals surface area (Å²) in [6.45, 7) is 9.40. The second-order valence-corrected chi connectivity index (χ2v) is 7.15. The second kappa shape index (κ2) is 12.3. The molecule has 0 saturated heterocycles. The highest BCUT2D eigenvalue weighted by Gasteiger charge is 2.29. The molecule has 0 bridgehead atoms. The van der Waals surface area contributed by atoms with E-state index in [2.05, 4.69) is 15.9 Å². The summed E-state index contributed by atoms with van der Waals surface area (Å²) < 4.78 is 35.9. The van der Waals surface area contributed by atoms with Gasteiger partial charge in [-0.15, -0.1) is 0 Å². The maximum atomic E-state index is 14.7. The summed E-state index contributed by atoms with van der Waals surface area (Å²) in [4.78, 5) is 25.5. The molecule has 3 aromatic rings. The molecular weight excluding hydrogens is 480 g/mol. The number of hydrogen-bond acceptors (Lipinski definition) is 3.